The molecule has 0 radical (unpaired) electrons. The van der Waals surface area contributed by atoms with E-state index in [1.165, 1.54) is 0 Å². The summed E-state index contributed by atoms with van der Waals surface area (Å²) in [4.78, 5) is 13.0. The van der Waals surface area contributed by atoms with Crippen LogP contribution in [-0.4, -0.2) is 61.4 Å². The quantitative estimate of drug-likeness (QED) is 0.726. The number of benzene rings is 1. The number of hydroxylamine groups is 2. The third-order valence-electron chi connectivity index (χ3n) is 4.88. The van der Waals surface area contributed by atoms with Gasteiger partial charge < -0.3 is 14.3 Å². The SMILES string of the molecule is COc1ccc(-c2csc(C3C=CON3CCCN3CCOCC3)n2)cc1. The van der Waals surface area contributed by atoms with Crippen molar-refractivity contribution in [3.63, 3.8) is 0 Å². The highest BCUT2D eigenvalue weighted by Crippen LogP contribution is 2.33. The lowest BCUT2D eigenvalue weighted by Gasteiger charge is -2.27. The summed E-state index contributed by atoms with van der Waals surface area (Å²) in [5.74, 6) is 0.854. The number of methoxy groups -OCH3 is 1. The topological polar surface area (TPSA) is 47.1 Å². The maximum atomic E-state index is 5.71. The fraction of sp³-hybridized carbons (Fsp3) is 0.450. The van der Waals surface area contributed by atoms with Crippen LogP contribution in [0.5, 0.6) is 5.75 Å². The van der Waals surface area contributed by atoms with Gasteiger partial charge in [-0.2, -0.15) is 0 Å². The highest BCUT2D eigenvalue weighted by atomic mass is 32.1. The van der Waals surface area contributed by atoms with Crippen LogP contribution in [0.1, 0.15) is 17.5 Å². The molecule has 1 unspecified atom stereocenters. The van der Waals surface area contributed by atoms with E-state index in [9.17, 15) is 0 Å². The molecule has 7 heteroatoms. The van der Waals surface area contributed by atoms with Crippen molar-refractivity contribution in [3.8, 4) is 17.0 Å². The second-order valence-electron chi connectivity index (χ2n) is 6.63. The van der Waals surface area contributed by atoms with Crippen LogP contribution >= 0.6 is 11.3 Å². The Balaban J connectivity index is 1.35. The van der Waals surface area contributed by atoms with Gasteiger partial charge in [-0.05, 0) is 43.3 Å². The van der Waals surface area contributed by atoms with Crippen LogP contribution in [0.2, 0.25) is 0 Å². The van der Waals surface area contributed by atoms with Crippen LogP contribution in [-0.2, 0) is 9.57 Å². The number of hydrogen-bond acceptors (Lipinski definition) is 7. The minimum absolute atomic E-state index is 0.0895. The average Bonchev–Trinajstić information content (AvgIpc) is 3.38. The van der Waals surface area contributed by atoms with Crippen molar-refractivity contribution in [2.24, 2.45) is 0 Å². The summed E-state index contributed by atoms with van der Waals surface area (Å²) in [6.45, 7) is 5.70. The van der Waals surface area contributed by atoms with E-state index in [1.807, 2.05) is 29.3 Å². The maximum absolute atomic E-state index is 5.71. The Bertz CT molecular complexity index is 756. The third kappa shape index (κ3) is 4.50. The van der Waals surface area contributed by atoms with Crippen LogP contribution in [0.4, 0.5) is 0 Å². The molecule has 27 heavy (non-hydrogen) atoms. The number of thiazole rings is 1. The molecular weight excluding hydrogens is 362 g/mol. The van der Waals surface area contributed by atoms with Crippen LogP contribution in [0.15, 0.2) is 42.0 Å². The molecule has 4 rings (SSSR count). The van der Waals surface area contributed by atoms with Crippen molar-refractivity contribution in [3.05, 3.63) is 47.0 Å². The van der Waals surface area contributed by atoms with Gasteiger partial charge in [-0.1, -0.05) is 0 Å². The first kappa shape index (κ1) is 18.4. The van der Waals surface area contributed by atoms with E-state index in [0.717, 1.165) is 67.8 Å². The monoisotopic (exact) mass is 387 g/mol. The van der Waals surface area contributed by atoms with E-state index in [1.54, 1.807) is 24.7 Å². The second kappa shape index (κ2) is 8.84. The van der Waals surface area contributed by atoms with Gasteiger partial charge in [0.05, 0.1) is 26.0 Å². The molecule has 1 atom stereocenters. The molecule has 2 aliphatic rings. The fourth-order valence-corrected chi connectivity index (χ4v) is 4.25. The standard InChI is InChI=1S/C20H25N3O3S/c1-24-17-5-3-16(4-6-17)18-15-27-20(21-18)19-7-12-26-23(19)9-2-8-22-10-13-25-14-11-22/h3-7,12,15,19H,2,8-11,13-14H2,1H3. The van der Waals surface area contributed by atoms with E-state index < -0.39 is 0 Å². The summed E-state index contributed by atoms with van der Waals surface area (Å²) in [7, 11) is 1.68. The lowest BCUT2D eigenvalue weighted by molar-refractivity contribution is -0.107. The smallest absolute Gasteiger partial charge is 0.119 e. The molecule has 0 saturated carbocycles. The highest BCUT2D eigenvalue weighted by Gasteiger charge is 2.26. The van der Waals surface area contributed by atoms with Gasteiger partial charge in [0.1, 0.15) is 23.1 Å². The van der Waals surface area contributed by atoms with Crippen molar-refractivity contribution in [2.45, 2.75) is 12.5 Å². The highest BCUT2D eigenvalue weighted by molar-refractivity contribution is 7.10. The summed E-state index contributed by atoms with van der Waals surface area (Å²) in [5.41, 5.74) is 2.09. The number of morpholine rings is 1. The van der Waals surface area contributed by atoms with E-state index in [2.05, 4.69) is 16.4 Å². The number of rotatable bonds is 7. The molecule has 2 aliphatic heterocycles. The lowest BCUT2D eigenvalue weighted by Crippen LogP contribution is -2.38. The molecule has 0 aliphatic carbocycles. The molecule has 0 spiro atoms. The summed E-state index contributed by atoms with van der Waals surface area (Å²) < 4.78 is 10.6. The molecule has 3 heterocycles. The van der Waals surface area contributed by atoms with E-state index >= 15 is 0 Å². The number of nitrogens with zero attached hydrogens (tertiary/aromatic N) is 3. The predicted molar refractivity (Wildman–Crippen MR) is 106 cm³/mol. The van der Waals surface area contributed by atoms with Gasteiger partial charge in [-0.15, -0.1) is 16.4 Å². The van der Waals surface area contributed by atoms with Crippen molar-refractivity contribution < 1.29 is 14.3 Å². The molecule has 1 aromatic carbocycles. The van der Waals surface area contributed by atoms with Gasteiger partial charge >= 0.3 is 0 Å². The van der Waals surface area contributed by atoms with Gasteiger partial charge in [0, 0.05) is 30.6 Å². The average molecular weight is 388 g/mol. The Morgan fingerprint density at radius 2 is 2.00 bits per heavy atom. The summed E-state index contributed by atoms with van der Waals surface area (Å²) in [6.07, 6.45) is 4.91. The van der Waals surface area contributed by atoms with Crippen LogP contribution in [0, 0.1) is 0 Å². The first-order valence-electron chi connectivity index (χ1n) is 9.33. The van der Waals surface area contributed by atoms with Gasteiger partial charge in [0.15, 0.2) is 0 Å². The van der Waals surface area contributed by atoms with Gasteiger partial charge in [0.25, 0.3) is 0 Å². The Labute approximate surface area is 163 Å². The van der Waals surface area contributed by atoms with Crippen molar-refractivity contribution in [1.29, 1.82) is 0 Å². The first-order valence-corrected chi connectivity index (χ1v) is 10.2. The van der Waals surface area contributed by atoms with Crippen LogP contribution in [0.3, 0.4) is 0 Å². The molecule has 2 aromatic rings. The lowest BCUT2D eigenvalue weighted by atomic mass is 10.2. The van der Waals surface area contributed by atoms with Crippen molar-refractivity contribution >= 4 is 11.3 Å². The number of ether oxygens (including phenoxy) is 2. The third-order valence-corrected chi connectivity index (χ3v) is 5.80. The minimum Gasteiger partial charge on any atom is -0.497 e. The Morgan fingerprint density at radius 3 is 2.78 bits per heavy atom. The van der Waals surface area contributed by atoms with E-state index in [0.29, 0.717) is 0 Å². The largest absolute Gasteiger partial charge is 0.497 e. The predicted octanol–water partition coefficient (Wildman–Crippen LogP) is 3.34. The van der Waals surface area contributed by atoms with Crippen LogP contribution < -0.4 is 4.74 Å². The second-order valence-corrected chi connectivity index (χ2v) is 7.52. The van der Waals surface area contributed by atoms with Crippen LogP contribution in [0.25, 0.3) is 11.3 Å². The molecule has 1 aromatic heterocycles. The number of hydrogen-bond donors (Lipinski definition) is 0. The molecule has 6 nitrogen and oxygen atoms in total. The zero-order valence-corrected chi connectivity index (χ0v) is 16.4. The van der Waals surface area contributed by atoms with E-state index in [-0.39, 0.29) is 6.04 Å². The van der Waals surface area contributed by atoms with Gasteiger partial charge in [0.2, 0.25) is 0 Å². The first-order chi connectivity index (χ1) is 13.3. The molecule has 0 amide bonds. The van der Waals surface area contributed by atoms with Crippen molar-refractivity contribution in [2.75, 3.05) is 46.5 Å². The van der Waals surface area contributed by atoms with Crippen molar-refractivity contribution in [1.82, 2.24) is 14.9 Å². The Kier molecular flexibility index (Phi) is 6.03. The summed E-state index contributed by atoms with van der Waals surface area (Å²) in [5, 5.41) is 5.19. The van der Waals surface area contributed by atoms with E-state index in [4.69, 9.17) is 19.3 Å². The molecule has 0 N–H and O–H groups in total. The van der Waals surface area contributed by atoms with Gasteiger partial charge in [-0.3, -0.25) is 4.90 Å². The summed E-state index contributed by atoms with van der Waals surface area (Å²) >= 11 is 1.67. The summed E-state index contributed by atoms with van der Waals surface area (Å²) in [6, 6.07) is 8.10. The molecule has 0 bridgehead atoms. The normalized spacial score (nSPS) is 20.7. The van der Waals surface area contributed by atoms with Gasteiger partial charge in [-0.25, -0.2) is 4.98 Å². The Hall–Kier alpha value is -1.93. The molecule has 1 saturated heterocycles. The molecule has 144 valence electrons. The minimum atomic E-state index is 0.0895. The Morgan fingerprint density at radius 1 is 1.19 bits per heavy atom. The molecular formula is C20H25N3O3S. The zero-order chi connectivity index (χ0) is 18.5. The fourth-order valence-electron chi connectivity index (χ4n) is 3.34. The molecule has 1 fully saturated rings. The zero-order valence-electron chi connectivity index (χ0n) is 15.5. The number of aromatic nitrogens is 1. The maximum Gasteiger partial charge on any atom is 0.119 e.